The Balaban J connectivity index is 1.75. The predicted octanol–water partition coefficient (Wildman–Crippen LogP) is 3.17. The Hall–Kier alpha value is -2.42. The van der Waals surface area contributed by atoms with Crippen LogP contribution in [0.4, 0.5) is 0 Å². The third-order valence-electron chi connectivity index (χ3n) is 3.53. The van der Waals surface area contributed by atoms with Crippen LogP contribution in [0.15, 0.2) is 48.5 Å². The Morgan fingerprint density at radius 2 is 1.50 bits per heavy atom. The van der Waals surface area contributed by atoms with Crippen molar-refractivity contribution in [3.8, 4) is 0 Å². The molecule has 0 atom stereocenters. The van der Waals surface area contributed by atoms with Gasteiger partial charge >= 0.3 is 11.9 Å². The molecule has 0 bridgehead atoms. The van der Waals surface area contributed by atoms with E-state index in [4.69, 9.17) is 4.74 Å². The number of carbonyl (C=O) groups excluding carboxylic acids is 2. The van der Waals surface area contributed by atoms with Gasteiger partial charge in [-0.05, 0) is 54.7 Å². The van der Waals surface area contributed by atoms with Crippen LogP contribution in [0.3, 0.4) is 0 Å². The molecule has 3 nitrogen and oxygen atoms in total. The van der Waals surface area contributed by atoms with Gasteiger partial charge in [0.2, 0.25) is 0 Å². The molecule has 3 heteroatoms. The molecule has 0 unspecified atom stereocenters. The minimum atomic E-state index is -0.615. The molecule has 0 aliphatic heterocycles. The molecule has 20 heavy (non-hydrogen) atoms. The number of carbonyl (C=O) groups is 2. The lowest BCUT2D eigenvalue weighted by molar-refractivity contribution is 0.0397. The Morgan fingerprint density at radius 3 is 2.30 bits per heavy atom. The molecule has 0 aromatic heterocycles. The third-order valence-corrected chi connectivity index (χ3v) is 3.53. The first-order valence-electron chi connectivity index (χ1n) is 6.67. The molecule has 0 heterocycles. The van der Waals surface area contributed by atoms with E-state index < -0.39 is 11.9 Å². The van der Waals surface area contributed by atoms with Crippen molar-refractivity contribution in [2.75, 3.05) is 0 Å². The topological polar surface area (TPSA) is 43.4 Å². The Labute approximate surface area is 117 Å². The minimum Gasteiger partial charge on any atom is -0.386 e. The van der Waals surface area contributed by atoms with E-state index in [9.17, 15) is 9.59 Å². The van der Waals surface area contributed by atoms with E-state index in [0.717, 1.165) is 19.3 Å². The summed E-state index contributed by atoms with van der Waals surface area (Å²) < 4.78 is 4.90. The maximum absolute atomic E-state index is 12.0. The summed E-state index contributed by atoms with van der Waals surface area (Å²) in [4.78, 5) is 23.8. The van der Waals surface area contributed by atoms with Crippen molar-refractivity contribution < 1.29 is 14.3 Å². The molecule has 100 valence electrons. The van der Waals surface area contributed by atoms with Crippen molar-refractivity contribution in [3.05, 3.63) is 70.8 Å². The zero-order valence-electron chi connectivity index (χ0n) is 11.0. The van der Waals surface area contributed by atoms with Crippen LogP contribution < -0.4 is 0 Å². The van der Waals surface area contributed by atoms with Crippen molar-refractivity contribution in [2.24, 2.45) is 0 Å². The van der Waals surface area contributed by atoms with Gasteiger partial charge in [0, 0.05) is 0 Å². The van der Waals surface area contributed by atoms with Crippen LogP contribution in [0, 0.1) is 0 Å². The first kappa shape index (κ1) is 12.6. The summed E-state index contributed by atoms with van der Waals surface area (Å²) in [7, 11) is 0. The van der Waals surface area contributed by atoms with Gasteiger partial charge in [0.25, 0.3) is 0 Å². The van der Waals surface area contributed by atoms with Gasteiger partial charge in [0.05, 0.1) is 11.1 Å². The van der Waals surface area contributed by atoms with Crippen LogP contribution >= 0.6 is 0 Å². The van der Waals surface area contributed by atoms with E-state index >= 15 is 0 Å². The molecule has 2 aromatic carbocycles. The highest BCUT2D eigenvalue weighted by Crippen LogP contribution is 2.23. The molecular weight excluding hydrogens is 252 g/mol. The van der Waals surface area contributed by atoms with Crippen LogP contribution in [-0.4, -0.2) is 11.9 Å². The molecule has 0 saturated carbocycles. The second-order valence-corrected chi connectivity index (χ2v) is 4.88. The molecule has 0 amide bonds. The van der Waals surface area contributed by atoms with Gasteiger partial charge in [-0.3, -0.25) is 0 Å². The number of aryl methyl sites for hydroxylation is 2. The molecule has 0 N–H and O–H groups in total. The maximum atomic E-state index is 12.0. The molecule has 0 radical (unpaired) electrons. The van der Waals surface area contributed by atoms with Crippen molar-refractivity contribution in [2.45, 2.75) is 19.3 Å². The molecule has 1 aliphatic carbocycles. The highest BCUT2D eigenvalue weighted by molar-refractivity contribution is 6.02. The van der Waals surface area contributed by atoms with Crippen LogP contribution in [0.5, 0.6) is 0 Å². The zero-order chi connectivity index (χ0) is 13.9. The van der Waals surface area contributed by atoms with Gasteiger partial charge < -0.3 is 4.74 Å². The fraction of sp³-hybridized carbons (Fsp3) is 0.176. The second-order valence-electron chi connectivity index (χ2n) is 4.88. The van der Waals surface area contributed by atoms with Crippen molar-refractivity contribution in [3.63, 3.8) is 0 Å². The fourth-order valence-corrected chi connectivity index (χ4v) is 2.48. The van der Waals surface area contributed by atoms with Crippen LogP contribution in [-0.2, 0) is 17.6 Å². The van der Waals surface area contributed by atoms with E-state index in [1.54, 1.807) is 36.4 Å². The monoisotopic (exact) mass is 266 g/mol. The normalized spacial score (nSPS) is 12.8. The summed E-state index contributed by atoms with van der Waals surface area (Å²) in [5.74, 6) is -1.20. The first-order chi connectivity index (χ1) is 9.74. The summed E-state index contributed by atoms with van der Waals surface area (Å²) in [6, 6.07) is 14.0. The standard InChI is InChI=1S/C17H14O3/c18-16(13-5-2-1-3-6-13)20-17(19)15-10-9-12-7-4-8-14(12)11-15/h1-3,5-6,9-11H,4,7-8H2. The first-order valence-corrected chi connectivity index (χ1v) is 6.67. The number of rotatable bonds is 2. The van der Waals surface area contributed by atoms with E-state index in [0.29, 0.717) is 11.1 Å². The number of esters is 2. The summed E-state index contributed by atoms with van der Waals surface area (Å²) in [5, 5.41) is 0. The maximum Gasteiger partial charge on any atom is 0.346 e. The van der Waals surface area contributed by atoms with E-state index in [2.05, 4.69) is 0 Å². The lowest BCUT2D eigenvalue weighted by Gasteiger charge is -2.05. The number of hydrogen-bond donors (Lipinski definition) is 0. The number of ether oxygens (including phenoxy) is 1. The van der Waals surface area contributed by atoms with Crippen LogP contribution in [0.1, 0.15) is 38.3 Å². The average Bonchev–Trinajstić information content (AvgIpc) is 2.95. The third kappa shape index (κ3) is 2.48. The van der Waals surface area contributed by atoms with Crippen LogP contribution in [0.2, 0.25) is 0 Å². The van der Waals surface area contributed by atoms with E-state index in [1.807, 2.05) is 12.1 Å². The average molecular weight is 266 g/mol. The van der Waals surface area contributed by atoms with Crippen molar-refractivity contribution in [1.82, 2.24) is 0 Å². The highest BCUT2D eigenvalue weighted by Gasteiger charge is 2.17. The molecule has 0 saturated heterocycles. The van der Waals surface area contributed by atoms with Crippen LogP contribution in [0.25, 0.3) is 0 Å². The lowest BCUT2D eigenvalue weighted by Crippen LogP contribution is -2.13. The minimum absolute atomic E-state index is 0.377. The number of benzene rings is 2. The van der Waals surface area contributed by atoms with E-state index in [-0.39, 0.29) is 0 Å². The van der Waals surface area contributed by atoms with Gasteiger partial charge in [-0.15, -0.1) is 0 Å². The Bertz CT molecular complexity index is 659. The number of fused-ring (bicyclic) bond motifs is 1. The zero-order valence-corrected chi connectivity index (χ0v) is 11.0. The summed E-state index contributed by atoms with van der Waals surface area (Å²) >= 11 is 0. The van der Waals surface area contributed by atoms with Crippen molar-refractivity contribution in [1.29, 1.82) is 0 Å². The molecule has 0 fully saturated rings. The highest BCUT2D eigenvalue weighted by atomic mass is 16.6. The van der Waals surface area contributed by atoms with Gasteiger partial charge in [-0.25, -0.2) is 9.59 Å². The van der Waals surface area contributed by atoms with Gasteiger partial charge in [0.15, 0.2) is 0 Å². The Kier molecular flexibility index (Phi) is 3.33. The second kappa shape index (κ2) is 5.29. The summed E-state index contributed by atoms with van der Waals surface area (Å²) in [6.07, 6.45) is 3.17. The molecule has 2 aromatic rings. The Morgan fingerprint density at radius 1 is 0.800 bits per heavy atom. The lowest BCUT2D eigenvalue weighted by atomic mass is 10.1. The SMILES string of the molecule is O=C(OC(=O)c1ccc2c(c1)CCC2)c1ccccc1. The molecule has 0 spiro atoms. The molecule has 1 aliphatic rings. The summed E-state index contributed by atoms with van der Waals surface area (Å²) in [6.45, 7) is 0. The largest absolute Gasteiger partial charge is 0.386 e. The smallest absolute Gasteiger partial charge is 0.346 e. The predicted molar refractivity (Wildman–Crippen MR) is 74.7 cm³/mol. The van der Waals surface area contributed by atoms with Gasteiger partial charge in [-0.1, -0.05) is 24.3 Å². The molecule has 3 rings (SSSR count). The van der Waals surface area contributed by atoms with Gasteiger partial charge in [-0.2, -0.15) is 0 Å². The quantitative estimate of drug-likeness (QED) is 0.619. The van der Waals surface area contributed by atoms with E-state index in [1.165, 1.54) is 11.1 Å². The summed E-state index contributed by atoms with van der Waals surface area (Å²) in [5.41, 5.74) is 3.29. The molecular formula is C17H14O3. The van der Waals surface area contributed by atoms with Gasteiger partial charge in [0.1, 0.15) is 0 Å². The van der Waals surface area contributed by atoms with Crippen molar-refractivity contribution >= 4 is 11.9 Å². The number of hydrogen-bond acceptors (Lipinski definition) is 3. The fourth-order valence-electron chi connectivity index (χ4n) is 2.48.